The van der Waals surface area contributed by atoms with Crippen molar-refractivity contribution < 1.29 is 15.0 Å². The minimum atomic E-state index is -0.845. The van der Waals surface area contributed by atoms with E-state index in [1.54, 1.807) is 13.0 Å². The molecule has 0 heterocycles. The zero-order chi connectivity index (χ0) is 14.1. The van der Waals surface area contributed by atoms with Gasteiger partial charge in [-0.05, 0) is 35.4 Å². The summed E-state index contributed by atoms with van der Waals surface area (Å²) in [5.74, 6) is -1.11. The van der Waals surface area contributed by atoms with Crippen LogP contribution in [0.1, 0.15) is 57.2 Å². The predicted octanol–water partition coefficient (Wildman–Crippen LogP) is 3.44. The van der Waals surface area contributed by atoms with E-state index in [0.717, 1.165) is 16.7 Å². The summed E-state index contributed by atoms with van der Waals surface area (Å²) >= 11 is 0. The molecule has 0 spiro atoms. The third kappa shape index (κ3) is 2.84. The Morgan fingerprint density at radius 1 is 1.33 bits per heavy atom. The SMILES string of the molecule is CCc1cc(C(C)C(=O)O)cc(C(C)(C)C)c1O. The van der Waals surface area contributed by atoms with E-state index < -0.39 is 11.9 Å². The maximum atomic E-state index is 11.1. The highest BCUT2D eigenvalue weighted by molar-refractivity contribution is 5.76. The number of carbonyl (C=O) groups is 1. The Labute approximate surface area is 108 Å². The molecule has 0 aliphatic rings. The standard InChI is InChI=1S/C15H22O3/c1-6-10-7-11(9(2)14(17)18)8-12(13(10)16)15(3,4)5/h7-9,16H,6H2,1-5H3,(H,17,18). The first-order valence-electron chi connectivity index (χ1n) is 6.27. The Morgan fingerprint density at radius 3 is 2.28 bits per heavy atom. The molecule has 18 heavy (non-hydrogen) atoms. The van der Waals surface area contributed by atoms with Gasteiger partial charge in [-0.1, -0.05) is 39.8 Å². The van der Waals surface area contributed by atoms with Gasteiger partial charge >= 0.3 is 5.97 Å². The van der Waals surface area contributed by atoms with E-state index in [-0.39, 0.29) is 5.41 Å². The van der Waals surface area contributed by atoms with Crippen molar-refractivity contribution in [2.24, 2.45) is 0 Å². The summed E-state index contributed by atoms with van der Waals surface area (Å²) in [5, 5.41) is 19.3. The number of hydrogen-bond donors (Lipinski definition) is 2. The van der Waals surface area contributed by atoms with E-state index in [1.165, 1.54) is 0 Å². The summed E-state index contributed by atoms with van der Waals surface area (Å²) < 4.78 is 0. The first kappa shape index (κ1) is 14.6. The van der Waals surface area contributed by atoms with E-state index in [1.807, 2.05) is 33.8 Å². The van der Waals surface area contributed by atoms with E-state index in [2.05, 4.69) is 0 Å². The van der Waals surface area contributed by atoms with Crippen LogP contribution in [0, 0.1) is 0 Å². The molecule has 3 heteroatoms. The first-order chi connectivity index (χ1) is 8.18. The molecule has 0 bridgehead atoms. The van der Waals surface area contributed by atoms with Crippen molar-refractivity contribution in [3.8, 4) is 5.75 Å². The number of phenols is 1. The number of aliphatic carboxylic acids is 1. The number of hydrogen-bond acceptors (Lipinski definition) is 2. The van der Waals surface area contributed by atoms with Crippen LogP contribution in [0.3, 0.4) is 0 Å². The van der Waals surface area contributed by atoms with E-state index in [4.69, 9.17) is 5.11 Å². The van der Waals surface area contributed by atoms with Gasteiger partial charge in [0.1, 0.15) is 5.75 Å². The molecule has 100 valence electrons. The molecule has 2 N–H and O–H groups in total. The second kappa shape index (κ2) is 5.01. The van der Waals surface area contributed by atoms with Crippen molar-refractivity contribution >= 4 is 5.97 Å². The summed E-state index contributed by atoms with van der Waals surface area (Å²) in [4.78, 5) is 11.1. The highest BCUT2D eigenvalue weighted by atomic mass is 16.4. The smallest absolute Gasteiger partial charge is 0.310 e. The van der Waals surface area contributed by atoms with Gasteiger partial charge in [-0.25, -0.2) is 0 Å². The summed E-state index contributed by atoms with van der Waals surface area (Å²) in [6.45, 7) is 9.65. The van der Waals surface area contributed by atoms with Crippen molar-refractivity contribution in [1.82, 2.24) is 0 Å². The molecule has 0 radical (unpaired) electrons. The molecular weight excluding hydrogens is 228 g/mol. The number of aryl methyl sites for hydroxylation is 1. The van der Waals surface area contributed by atoms with Crippen LogP contribution in [-0.4, -0.2) is 16.2 Å². The van der Waals surface area contributed by atoms with Gasteiger partial charge < -0.3 is 10.2 Å². The van der Waals surface area contributed by atoms with Crippen molar-refractivity contribution in [3.63, 3.8) is 0 Å². The maximum Gasteiger partial charge on any atom is 0.310 e. The maximum absolute atomic E-state index is 11.1. The predicted molar refractivity (Wildman–Crippen MR) is 72.2 cm³/mol. The lowest BCUT2D eigenvalue weighted by Gasteiger charge is -2.24. The lowest BCUT2D eigenvalue weighted by molar-refractivity contribution is -0.138. The molecule has 1 aromatic rings. The lowest BCUT2D eigenvalue weighted by atomic mass is 9.82. The Hall–Kier alpha value is -1.51. The van der Waals surface area contributed by atoms with Crippen LogP contribution in [0.25, 0.3) is 0 Å². The molecular formula is C15H22O3. The molecule has 0 aliphatic carbocycles. The third-order valence-electron chi connectivity index (χ3n) is 3.27. The van der Waals surface area contributed by atoms with Gasteiger partial charge in [0.05, 0.1) is 5.92 Å². The molecule has 0 fully saturated rings. The monoisotopic (exact) mass is 250 g/mol. The second-order valence-corrected chi connectivity index (χ2v) is 5.74. The van der Waals surface area contributed by atoms with Gasteiger partial charge in [-0.2, -0.15) is 0 Å². The van der Waals surface area contributed by atoms with Crippen molar-refractivity contribution in [1.29, 1.82) is 0 Å². The molecule has 0 aliphatic heterocycles. The molecule has 1 rings (SSSR count). The van der Waals surface area contributed by atoms with Crippen molar-refractivity contribution in [2.75, 3.05) is 0 Å². The summed E-state index contributed by atoms with van der Waals surface area (Å²) in [6, 6.07) is 3.61. The van der Waals surface area contributed by atoms with E-state index in [0.29, 0.717) is 12.2 Å². The average molecular weight is 250 g/mol. The Morgan fingerprint density at radius 2 is 1.89 bits per heavy atom. The molecule has 1 atom stereocenters. The molecule has 0 saturated carbocycles. The zero-order valence-corrected chi connectivity index (χ0v) is 11.7. The minimum absolute atomic E-state index is 0.206. The van der Waals surface area contributed by atoms with Gasteiger partial charge in [0.25, 0.3) is 0 Å². The number of aromatic hydroxyl groups is 1. The van der Waals surface area contributed by atoms with Gasteiger partial charge in [-0.15, -0.1) is 0 Å². The molecule has 1 unspecified atom stereocenters. The van der Waals surface area contributed by atoms with Gasteiger partial charge in [0.2, 0.25) is 0 Å². The quantitative estimate of drug-likeness (QED) is 0.864. The first-order valence-corrected chi connectivity index (χ1v) is 6.27. The van der Waals surface area contributed by atoms with Crippen LogP contribution in [0.15, 0.2) is 12.1 Å². The normalized spacial score (nSPS) is 13.4. The summed E-state index contributed by atoms with van der Waals surface area (Å²) in [6.07, 6.45) is 0.690. The fourth-order valence-corrected chi connectivity index (χ4v) is 1.95. The Bertz CT molecular complexity index is 456. The van der Waals surface area contributed by atoms with Crippen LogP contribution >= 0.6 is 0 Å². The molecule has 0 aromatic heterocycles. The van der Waals surface area contributed by atoms with Crippen LogP contribution in [-0.2, 0) is 16.6 Å². The fourth-order valence-electron chi connectivity index (χ4n) is 1.95. The highest BCUT2D eigenvalue weighted by Crippen LogP contribution is 2.36. The van der Waals surface area contributed by atoms with Gasteiger partial charge in [-0.3, -0.25) is 4.79 Å². The van der Waals surface area contributed by atoms with Gasteiger partial charge in [0.15, 0.2) is 0 Å². The van der Waals surface area contributed by atoms with Crippen molar-refractivity contribution in [3.05, 3.63) is 28.8 Å². The fraction of sp³-hybridized carbons (Fsp3) is 0.533. The number of benzene rings is 1. The van der Waals surface area contributed by atoms with E-state index >= 15 is 0 Å². The average Bonchev–Trinajstić information content (AvgIpc) is 2.26. The summed E-state index contributed by atoms with van der Waals surface area (Å²) in [7, 11) is 0. The Kier molecular flexibility index (Phi) is 4.05. The highest BCUT2D eigenvalue weighted by Gasteiger charge is 2.23. The summed E-state index contributed by atoms with van der Waals surface area (Å²) in [5.41, 5.74) is 2.17. The molecule has 1 aromatic carbocycles. The van der Waals surface area contributed by atoms with Crippen LogP contribution in [0.5, 0.6) is 5.75 Å². The minimum Gasteiger partial charge on any atom is -0.507 e. The van der Waals surface area contributed by atoms with E-state index in [9.17, 15) is 9.90 Å². The van der Waals surface area contributed by atoms with Crippen LogP contribution in [0.4, 0.5) is 0 Å². The number of phenolic OH excluding ortho intramolecular Hbond substituents is 1. The number of carboxylic acids is 1. The Balaban J connectivity index is 3.45. The van der Waals surface area contributed by atoms with Crippen LogP contribution < -0.4 is 0 Å². The zero-order valence-electron chi connectivity index (χ0n) is 11.7. The topological polar surface area (TPSA) is 57.5 Å². The van der Waals surface area contributed by atoms with Crippen LogP contribution in [0.2, 0.25) is 0 Å². The molecule has 3 nitrogen and oxygen atoms in total. The number of rotatable bonds is 3. The molecule has 0 amide bonds. The second-order valence-electron chi connectivity index (χ2n) is 5.74. The van der Waals surface area contributed by atoms with Gasteiger partial charge in [0, 0.05) is 0 Å². The molecule has 0 saturated heterocycles. The lowest BCUT2D eigenvalue weighted by Crippen LogP contribution is -2.15. The third-order valence-corrected chi connectivity index (χ3v) is 3.27. The largest absolute Gasteiger partial charge is 0.507 e. The number of carboxylic acid groups (broad SMARTS) is 1. The van der Waals surface area contributed by atoms with Crippen molar-refractivity contribution in [2.45, 2.75) is 52.4 Å².